The van der Waals surface area contributed by atoms with E-state index in [4.69, 9.17) is 16.6 Å². The van der Waals surface area contributed by atoms with Gasteiger partial charge in [-0.15, -0.1) is 28.3 Å². The standard InChI is InChI=1S/C23H28ClN3O2S2.BrH/c1-5-13-27(14-6-2)31(28,29)22-15-18(11-12-19(22)24)21-16-30-23(26(21)4)25-20-10-8-7-9-17(20)3;/h7-12,15-16H,5-6,13-14H2,1-4H3;1H. The van der Waals surface area contributed by atoms with Gasteiger partial charge in [0, 0.05) is 31.1 Å². The number of rotatable bonds is 8. The van der Waals surface area contributed by atoms with Gasteiger partial charge in [-0.05, 0) is 43.5 Å². The average Bonchev–Trinajstić information content (AvgIpc) is 3.10. The Bertz CT molecular complexity index is 1230. The van der Waals surface area contributed by atoms with Crippen LogP contribution in [0.3, 0.4) is 0 Å². The van der Waals surface area contributed by atoms with Gasteiger partial charge in [-0.2, -0.15) is 4.31 Å². The molecule has 1 heterocycles. The van der Waals surface area contributed by atoms with E-state index in [1.54, 1.807) is 12.1 Å². The molecule has 0 unspecified atom stereocenters. The van der Waals surface area contributed by atoms with Crippen LogP contribution in [-0.2, 0) is 17.1 Å². The fourth-order valence-corrected chi connectivity index (χ4v) is 6.42. The molecule has 0 saturated carbocycles. The van der Waals surface area contributed by atoms with Crippen LogP contribution in [0.1, 0.15) is 32.3 Å². The van der Waals surface area contributed by atoms with Crippen molar-refractivity contribution in [3.63, 3.8) is 0 Å². The fourth-order valence-electron chi connectivity index (χ4n) is 3.38. The van der Waals surface area contributed by atoms with Gasteiger partial charge in [-0.25, -0.2) is 13.4 Å². The summed E-state index contributed by atoms with van der Waals surface area (Å²) in [7, 11) is -1.74. The zero-order chi connectivity index (χ0) is 22.6. The predicted molar refractivity (Wildman–Crippen MR) is 140 cm³/mol. The van der Waals surface area contributed by atoms with Crippen molar-refractivity contribution in [2.24, 2.45) is 12.0 Å². The Labute approximate surface area is 210 Å². The summed E-state index contributed by atoms with van der Waals surface area (Å²) in [5.41, 5.74) is 3.70. The molecule has 0 saturated heterocycles. The van der Waals surface area contributed by atoms with Crippen LogP contribution in [0.4, 0.5) is 5.69 Å². The van der Waals surface area contributed by atoms with E-state index in [1.165, 1.54) is 15.6 Å². The monoisotopic (exact) mass is 557 g/mol. The molecule has 2 aromatic carbocycles. The fraction of sp³-hybridized carbons (Fsp3) is 0.348. The number of sulfonamides is 1. The van der Waals surface area contributed by atoms with Crippen LogP contribution in [-0.4, -0.2) is 30.4 Å². The van der Waals surface area contributed by atoms with Crippen LogP contribution in [0.25, 0.3) is 11.3 Å². The van der Waals surface area contributed by atoms with Gasteiger partial charge in [0.15, 0.2) is 4.80 Å². The molecule has 0 aliphatic carbocycles. The average molecular weight is 559 g/mol. The van der Waals surface area contributed by atoms with E-state index in [1.807, 2.05) is 68.1 Å². The van der Waals surface area contributed by atoms with Gasteiger partial charge in [0.1, 0.15) is 4.90 Å². The van der Waals surface area contributed by atoms with E-state index in [-0.39, 0.29) is 26.9 Å². The second-order valence-corrected chi connectivity index (χ2v) is 10.6. The van der Waals surface area contributed by atoms with E-state index in [0.29, 0.717) is 13.1 Å². The number of halogens is 2. The van der Waals surface area contributed by atoms with Crippen molar-refractivity contribution in [2.45, 2.75) is 38.5 Å². The van der Waals surface area contributed by atoms with Crippen molar-refractivity contribution in [2.75, 3.05) is 13.1 Å². The lowest BCUT2D eigenvalue weighted by molar-refractivity contribution is 0.410. The molecule has 32 heavy (non-hydrogen) atoms. The summed E-state index contributed by atoms with van der Waals surface area (Å²) in [6.07, 6.45) is 1.50. The normalized spacial score (nSPS) is 12.2. The van der Waals surface area contributed by atoms with E-state index >= 15 is 0 Å². The minimum absolute atomic E-state index is 0. The SMILES string of the molecule is Br.CCCN(CCC)S(=O)(=O)c1cc(-c2csc(=Nc3ccccc3C)n2C)ccc1Cl. The highest BCUT2D eigenvalue weighted by atomic mass is 79.9. The van der Waals surface area contributed by atoms with Gasteiger partial charge in [0.2, 0.25) is 10.0 Å². The third kappa shape index (κ3) is 5.72. The maximum absolute atomic E-state index is 13.3. The third-order valence-electron chi connectivity index (χ3n) is 5.05. The molecule has 3 rings (SSSR count). The van der Waals surface area contributed by atoms with Crippen molar-refractivity contribution in [1.29, 1.82) is 0 Å². The highest BCUT2D eigenvalue weighted by Crippen LogP contribution is 2.31. The lowest BCUT2D eigenvalue weighted by Gasteiger charge is -2.22. The molecule has 0 radical (unpaired) electrons. The topological polar surface area (TPSA) is 54.7 Å². The minimum Gasteiger partial charge on any atom is -0.320 e. The molecule has 0 aliphatic rings. The Morgan fingerprint density at radius 2 is 1.75 bits per heavy atom. The lowest BCUT2D eigenvalue weighted by atomic mass is 10.2. The van der Waals surface area contributed by atoms with Crippen molar-refractivity contribution < 1.29 is 8.42 Å². The van der Waals surface area contributed by atoms with Crippen molar-refractivity contribution in [3.05, 3.63) is 63.2 Å². The Morgan fingerprint density at radius 1 is 1.09 bits per heavy atom. The van der Waals surface area contributed by atoms with E-state index in [9.17, 15) is 8.42 Å². The highest BCUT2D eigenvalue weighted by molar-refractivity contribution is 8.93. The molecule has 0 aliphatic heterocycles. The number of nitrogens with zero attached hydrogens (tertiary/aromatic N) is 3. The molecule has 9 heteroatoms. The Balaban J connectivity index is 0.00000363. The molecule has 0 fully saturated rings. The molecule has 0 spiro atoms. The van der Waals surface area contributed by atoms with Crippen molar-refractivity contribution in [1.82, 2.24) is 8.87 Å². The predicted octanol–water partition coefficient (Wildman–Crippen LogP) is 6.34. The molecule has 1 aromatic heterocycles. The van der Waals surface area contributed by atoms with Crippen LogP contribution in [0.2, 0.25) is 5.02 Å². The highest BCUT2D eigenvalue weighted by Gasteiger charge is 2.26. The summed E-state index contributed by atoms with van der Waals surface area (Å²) >= 11 is 7.87. The van der Waals surface area contributed by atoms with Gasteiger partial charge >= 0.3 is 0 Å². The molecule has 174 valence electrons. The molecule has 0 amide bonds. The first-order valence-corrected chi connectivity index (χ1v) is 13.0. The number of hydrogen-bond donors (Lipinski definition) is 0. The van der Waals surface area contributed by atoms with Crippen LogP contribution < -0.4 is 4.80 Å². The third-order valence-corrected chi connectivity index (χ3v) is 8.34. The summed E-state index contributed by atoms with van der Waals surface area (Å²) in [6, 6.07) is 13.2. The minimum atomic E-state index is -3.67. The zero-order valence-electron chi connectivity index (χ0n) is 18.7. The molecule has 3 aromatic rings. The number of aromatic nitrogens is 1. The molecular weight excluding hydrogens is 530 g/mol. The molecule has 0 bridgehead atoms. The summed E-state index contributed by atoms with van der Waals surface area (Å²) in [5, 5.41) is 2.23. The van der Waals surface area contributed by atoms with Crippen molar-refractivity contribution >= 4 is 55.6 Å². The number of hydrogen-bond acceptors (Lipinski definition) is 4. The molecule has 0 atom stereocenters. The molecule has 0 N–H and O–H groups in total. The number of thiazole rings is 1. The number of benzene rings is 2. The smallest absolute Gasteiger partial charge is 0.244 e. The number of para-hydroxylation sites is 1. The first-order chi connectivity index (χ1) is 14.8. The summed E-state index contributed by atoms with van der Waals surface area (Å²) < 4.78 is 30.1. The second kappa shape index (κ2) is 11.6. The van der Waals surface area contributed by atoms with Crippen LogP contribution in [0, 0.1) is 6.92 Å². The second-order valence-electron chi connectivity index (χ2n) is 7.41. The summed E-state index contributed by atoms with van der Waals surface area (Å²) in [5.74, 6) is 0. The van der Waals surface area contributed by atoms with Gasteiger partial charge in [-0.1, -0.05) is 49.7 Å². The van der Waals surface area contributed by atoms with Gasteiger partial charge in [0.05, 0.1) is 16.4 Å². The van der Waals surface area contributed by atoms with Crippen LogP contribution in [0.5, 0.6) is 0 Å². The quantitative estimate of drug-likeness (QED) is 0.324. The molecule has 5 nitrogen and oxygen atoms in total. The van der Waals surface area contributed by atoms with Crippen LogP contribution in [0.15, 0.2) is 57.7 Å². The summed E-state index contributed by atoms with van der Waals surface area (Å²) in [4.78, 5) is 5.77. The molecular formula is C23H29BrClN3O2S2. The van der Waals surface area contributed by atoms with Gasteiger partial charge in [-0.3, -0.25) is 0 Å². The first kappa shape index (κ1) is 26.8. The Kier molecular flexibility index (Phi) is 9.72. The Hall–Kier alpha value is -1.45. The maximum Gasteiger partial charge on any atom is 0.244 e. The first-order valence-electron chi connectivity index (χ1n) is 10.3. The maximum atomic E-state index is 13.3. The van der Waals surface area contributed by atoms with Crippen molar-refractivity contribution in [3.8, 4) is 11.3 Å². The largest absolute Gasteiger partial charge is 0.320 e. The zero-order valence-corrected chi connectivity index (χ0v) is 22.8. The number of aryl methyl sites for hydroxylation is 1. The van der Waals surface area contributed by atoms with E-state index in [0.717, 1.165) is 40.2 Å². The van der Waals surface area contributed by atoms with E-state index < -0.39 is 10.0 Å². The van der Waals surface area contributed by atoms with Gasteiger partial charge in [0.25, 0.3) is 0 Å². The lowest BCUT2D eigenvalue weighted by Crippen LogP contribution is -2.32. The van der Waals surface area contributed by atoms with E-state index in [2.05, 4.69) is 0 Å². The van der Waals surface area contributed by atoms with Crippen LogP contribution >= 0.6 is 39.9 Å². The summed E-state index contributed by atoms with van der Waals surface area (Å²) in [6.45, 7) is 6.93. The Morgan fingerprint density at radius 3 is 2.38 bits per heavy atom. The van der Waals surface area contributed by atoms with Gasteiger partial charge < -0.3 is 4.57 Å².